The molecule has 0 aromatic heterocycles. The van der Waals surface area contributed by atoms with Gasteiger partial charge in [0.05, 0.1) is 12.0 Å². The number of nitrogens with two attached hydrogens (primary N) is 1. The average Bonchev–Trinajstić information content (AvgIpc) is 2.28. The number of rotatable bonds is 5. The summed E-state index contributed by atoms with van der Waals surface area (Å²) in [7, 11) is -0.411. The smallest absolute Gasteiger partial charge is 0.242 e. The van der Waals surface area contributed by atoms with Crippen LogP contribution < -0.4 is 10.5 Å². The van der Waals surface area contributed by atoms with Crippen LogP contribution in [0.4, 0.5) is 0 Å². The number of benzene rings is 1. The molecule has 17 heavy (non-hydrogen) atoms. The average molecular weight is 258 g/mol. The molecule has 0 saturated heterocycles. The molecule has 0 aliphatic rings. The van der Waals surface area contributed by atoms with Crippen molar-refractivity contribution in [3.8, 4) is 5.75 Å². The summed E-state index contributed by atoms with van der Waals surface area (Å²) in [5, 5.41) is 0. The van der Waals surface area contributed by atoms with Crippen molar-refractivity contribution in [1.29, 1.82) is 0 Å². The van der Waals surface area contributed by atoms with Gasteiger partial charge in [0.25, 0.3) is 0 Å². The molecular weight excluding hydrogens is 240 g/mol. The summed E-state index contributed by atoms with van der Waals surface area (Å²) in [4.78, 5) is 0.237. The Morgan fingerprint density at radius 1 is 1.35 bits per heavy atom. The highest BCUT2D eigenvalue weighted by atomic mass is 32.2. The molecule has 0 aliphatic carbocycles. The summed E-state index contributed by atoms with van der Waals surface area (Å²) in [5.74, 6) is 0.624. The first-order chi connectivity index (χ1) is 7.87. The van der Waals surface area contributed by atoms with Gasteiger partial charge in [-0.15, -0.1) is 0 Å². The van der Waals surface area contributed by atoms with Gasteiger partial charge < -0.3 is 10.5 Å². The van der Waals surface area contributed by atoms with E-state index in [0.717, 1.165) is 0 Å². The first-order valence-corrected chi connectivity index (χ1v) is 6.68. The fourth-order valence-corrected chi connectivity index (χ4v) is 2.70. The zero-order valence-electron chi connectivity index (χ0n) is 10.3. The number of methoxy groups -OCH3 is 1. The van der Waals surface area contributed by atoms with Crippen molar-refractivity contribution in [2.75, 3.05) is 20.7 Å². The second-order valence-electron chi connectivity index (χ2n) is 3.94. The van der Waals surface area contributed by atoms with E-state index < -0.39 is 10.0 Å². The van der Waals surface area contributed by atoms with E-state index in [4.69, 9.17) is 10.5 Å². The van der Waals surface area contributed by atoms with Crippen LogP contribution in [0.3, 0.4) is 0 Å². The first kappa shape index (κ1) is 14.0. The molecule has 0 radical (unpaired) electrons. The predicted octanol–water partition coefficient (Wildman–Crippen LogP) is 0.663. The van der Waals surface area contributed by atoms with Gasteiger partial charge in [0.15, 0.2) is 0 Å². The second kappa shape index (κ2) is 5.48. The Hall–Kier alpha value is -1.11. The van der Waals surface area contributed by atoms with E-state index in [1.54, 1.807) is 19.1 Å². The summed E-state index contributed by atoms with van der Waals surface area (Å²) in [6, 6.07) is 6.07. The van der Waals surface area contributed by atoms with Crippen LogP contribution in [0.1, 0.15) is 6.92 Å². The molecule has 1 unspecified atom stereocenters. The third-order valence-electron chi connectivity index (χ3n) is 2.31. The summed E-state index contributed by atoms with van der Waals surface area (Å²) >= 11 is 0. The van der Waals surface area contributed by atoms with Crippen molar-refractivity contribution in [2.24, 2.45) is 5.73 Å². The lowest BCUT2D eigenvalue weighted by Crippen LogP contribution is -2.36. The summed E-state index contributed by atoms with van der Waals surface area (Å²) in [6.07, 6.45) is 0. The van der Waals surface area contributed by atoms with Crippen molar-refractivity contribution in [2.45, 2.75) is 17.9 Å². The number of hydrogen-bond donors (Lipinski definition) is 1. The molecule has 0 spiro atoms. The summed E-state index contributed by atoms with van der Waals surface area (Å²) in [6.45, 7) is 2.05. The van der Waals surface area contributed by atoms with Gasteiger partial charge in [-0.3, -0.25) is 0 Å². The van der Waals surface area contributed by atoms with Crippen LogP contribution in [0.15, 0.2) is 29.2 Å². The Labute approximate surface area is 102 Å². The van der Waals surface area contributed by atoms with E-state index in [1.807, 2.05) is 0 Å². The Morgan fingerprint density at radius 3 is 2.29 bits per heavy atom. The van der Waals surface area contributed by atoms with Crippen LogP contribution in [-0.2, 0) is 10.0 Å². The highest BCUT2D eigenvalue weighted by Gasteiger charge is 2.21. The Balaban J connectivity index is 2.96. The number of nitrogens with zero attached hydrogens (tertiary/aromatic N) is 1. The maximum atomic E-state index is 12.1. The maximum absolute atomic E-state index is 12.1. The molecule has 0 heterocycles. The zero-order chi connectivity index (χ0) is 13.1. The van der Waals surface area contributed by atoms with Crippen molar-refractivity contribution in [1.82, 2.24) is 4.31 Å². The van der Waals surface area contributed by atoms with Crippen LogP contribution in [0.2, 0.25) is 0 Å². The van der Waals surface area contributed by atoms with Crippen molar-refractivity contribution < 1.29 is 13.2 Å². The van der Waals surface area contributed by atoms with E-state index in [2.05, 4.69) is 0 Å². The fourth-order valence-electron chi connectivity index (χ4n) is 1.43. The van der Waals surface area contributed by atoms with Crippen molar-refractivity contribution in [3.05, 3.63) is 24.3 Å². The number of hydrogen-bond acceptors (Lipinski definition) is 4. The largest absolute Gasteiger partial charge is 0.497 e. The molecule has 1 aromatic carbocycles. The van der Waals surface area contributed by atoms with E-state index in [-0.39, 0.29) is 17.5 Å². The minimum absolute atomic E-state index is 0.201. The third-order valence-corrected chi connectivity index (χ3v) is 4.15. The standard InChI is InChI=1S/C11H18N2O3S/c1-9(12)8-13(2)17(14,15)11-6-4-10(16-3)5-7-11/h4-7,9H,8,12H2,1-3H3. The third kappa shape index (κ3) is 3.42. The van der Waals surface area contributed by atoms with Gasteiger partial charge >= 0.3 is 0 Å². The molecule has 1 aromatic rings. The van der Waals surface area contributed by atoms with Gasteiger partial charge in [-0.25, -0.2) is 8.42 Å². The summed E-state index contributed by atoms with van der Waals surface area (Å²) < 4.78 is 30.4. The Kier molecular flexibility index (Phi) is 4.50. The minimum Gasteiger partial charge on any atom is -0.497 e. The van der Waals surface area contributed by atoms with Crippen LogP contribution in [0.25, 0.3) is 0 Å². The van der Waals surface area contributed by atoms with Crippen LogP contribution in [0, 0.1) is 0 Å². The van der Waals surface area contributed by atoms with Crippen molar-refractivity contribution >= 4 is 10.0 Å². The van der Waals surface area contributed by atoms with E-state index >= 15 is 0 Å². The second-order valence-corrected chi connectivity index (χ2v) is 5.98. The molecule has 96 valence electrons. The van der Waals surface area contributed by atoms with E-state index in [0.29, 0.717) is 5.75 Å². The fraction of sp³-hybridized carbons (Fsp3) is 0.455. The lowest BCUT2D eigenvalue weighted by molar-refractivity contribution is 0.414. The highest BCUT2D eigenvalue weighted by molar-refractivity contribution is 7.89. The predicted molar refractivity (Wildman–Crippen MR) is 66.5 cm³/mol. The van der Waals surface area contributed by atoms with E-state index in [9.17, 15) is 8.42 Å². The van der Waals surface area contributed by atoms with Crippen LogP contribution in [-0.4, -0.2) is 39.5 Å². The molecule has 1 atom stereocenters. The Morgan fingerprint density at radius 2 is 1.88 bits per heavy atom. The van der Waals surface area contributed by atoms with Gasteiger partial charge in [0.1, 0.15) is 5.75 Å². The minimum atomic E-state index is -3.46. The molecule has 0 aliphatic heterocycles. The van der Waals surface area contributed by atoms with Gasteiger partial charge in [0.2, 0.25) is 10.0 Å². The van der Waals surface area contributed by atoms with Gasteiger partial charge in [-0.05, 0) is 31.2 Å². The number of ether oxygens (including phenoxy) is 1. The SMILES string of the molecule is COc1ccc(S(=O)(=O)N(C)CC(C)N)cc1. The lowest BCUT2D eigenvalue weighted by Gasteiger charge is -2.19. The van der Waals surface area contributed by atoms with Crippen LogP contribution >= 0.6 is 0 Å². The molecular formula is C11H18N2O3S. The van der Waals surface area contributed by atoms with Crippen LogP contribution in [0.5, 0.6) is 5.75 Å². The molecule has 0 fully saturated rings. The normalized spacial score (nSPS) is 13.7. The quantitative estimate of drug-likeness (QED) is 0.842. The van der Waals surface area contributed by atoms with E-state index in [1.165, 1.54) is 30.6 Å². The molecule has 0 bridgehead atoms. The highest BCUT2D eigenvalue weighted by Crippen LogP contribution is 2.18. The molecule has 1 rings (SSSR count). The topological polar surface area (TPSA) is 72.6 Å². The van der Waals surface area contributed by atoms with Gasteiger partial charge in [-0.1, -0.05) is 0 Å². The monoisotopic (exact) mass is 258 g/mol. The number of likely N-dealkylation sites (N-methyl/N-ethyl adjacent to an activating group) is 1. The molecule has 0 amide bonds. The maximum Gasteiger partial charge on any atom is 0.242 e. The van der Waals surface area contributed by atoms with Gasteiger partial charge in [0, 0.05) is 19.6 Å². The molecule has 6 heteroatoms. The van der Waals surface area contributed by atoms with Gasteiger partial charge in [-0.2, -0.15) is 4.31 Å². The molecule has 2 N–H and O–H groups in total. The number of sulfonamides is 1. The molecule has 5 nitrogen and oxygen atoms in total. The van der Waals surface area contributed by atoms with Crippen molar-refractivity contribution in [3.63, 3.8) is 0 Å². The first-order valence-electron chi connectivity index (χ1n) is 5.24. The summed E-state index contributed by atoms with van der Waals surface area (Å²) in [5.41, 5.74) is 5.59. The zero-order valence-corrected chi connectivity index (χ0v) is 11.1. The molecule has 0 saturated carbocycles. The Bertz CT molecular complexity index is 454. The lowest BCUT2D eigenvalue weighted by atomic mass is 10.3.